The van der Waals surface area contributed by atoms with Gasteiger partial charge in [-0.2, -0.15) is 11.8 Å². The molecule has 0 unspecified atom stereocenters. The topological polar surface area (TPSA) is 185 Å². The van der Waals surface area contributed by atoms with Crippen LogP contribution >= 0.6 is 0 Å². The molecule has 0 aliphatic carbocycles. The van der Waals surface area contributed by atoms with Crippen molar-refractivity contribution < 1.29 is 98.2 Å². The Morgan fingerprint density at radius 2 is 0.950 bits per heavy atom. The normalized spacial score (nSPS) is 7.70. The predicted molar refractivity (Wildman–Crippen MR) is 49.0 cm³/mol. The first-order valence-electron chi connectivity index (χ1n) is 4.52. The van der Waals surface area contributed by atoms with Gasteiger partial charge in [0.05, 0.1) is 12.8 Å². The second kappa shape index (κ2) is 18.8. The van der Waals surface area contributed by atoms with E-state index in [1.54, 1.807) is 0 Å². The fourth-order valence-corrected chi connectivity index (χ4v) is 0.526. The largest absolute Gasteiger partial charge is 1.00 e. The van der Waals surface area contributed by atoms with E-state index in [1.165, 1.54) is 0 Å². The Balaban J connectivity index is -0.000000116. The van der Waals surface area contributed by atoms with Gasteiger partial charge in [0, 0.05) is 11.9 Å². The maximum Gasteiger partial charge on any atom is 1.00 e. The van der Waals surface area contributed by atoms with E-state index in [-0.39, 0.29) is 84.8 Å². The van der Waals surface area contributed by atoms with Gasteiger partial charge in [-0.25, -0.2) is 0 Å². The monoisotopic (exact) mass is 310 g/mol. The fourth-order valence-electron chi connectivity index (χ4n) is 0.526. The smallest absolute Gasteiger partial charge is 0.550 e. The third-order valence-electron chi connectivity index (χ3n) is 1.33. The quantitative estimate of drug-likeness (QED) is 0.352. The van der Waals surface area contributed by atoms with Crippen molar-refractivity contribution in [1.82, 2.24) is 0 Å². The number of hydrogen-bond donors (Lipinski definition) is 2. The number of nitrogens with two attached hydrogens (primary N) is 2. The molecule has 0 saturated heterocycles. The van der Waals surface area contributed by atoms with E-state index in [4.69, 9.17) is 0 Å². The number of carboxylic acid groups (broad SMARTS) is 2. The third-order valence-corrected chi connectivity index (χ3v) is 1.33. The molecule has 4 N–H and O–H groups in total. The molecule has 104 valence electrons. The number of carbonyl (C=O) groups excluding carboxylic acids is 4. The van der Waals surface area contributed by atoms with Gasteiger partial charge in [-0.15, -0.1) is 0 Å². The zero-order valence-electron chi connectivity index (χ0n) is 11.2. The number of hydrogen-bond acceptors (Lipinski definition) is 10. The Kier molecular flexibility index (Phi) is 26.4. The average molecular weight is 310 g/mol. The zero-order chi connectivity index (χ0) is 14.6. The molecule has 0 aromatic rings. The van der Waals surface area contributed by atoms with Crippen molar-refractivity contribution in [2.75, 3.05) is 0 Å². The van der Waals surface area contributed by atoms with Crippen LogP contribution in [0, 0.1) is 0 Å². The zero-order valence-corrected chi connectivity index (χ0v) is 15.2. The summed E-state index contributed by atoms with van der Waals surface area (Å²) in [6, 6.07) is 0. The Labute approximate surface area is 158 Å². The van der Waals surface area contributed by atoms with Gasteiger partial charge in [-0.05, 0) is 12.8 Å². The van der Waals surface area contributed by atoms with Crippen LogP contribution < -0.4 is 81.1 Å². The summed E-state index contributed by atoms with van der Waals surface area (Å²) >= 11 is 0. The molecule has 20 heavy (non-hydrogen) atoms. The van der Waals surface area contributed by atoms with E-state index in [9.17, 15) is 29.4 Å². The Bertz CT molecular complexity index is 283. The van der Waals surface area contributed by atoms with Crippen molar-refractivity contribution in [3.05, 3.63) is 0 Å². The molecule has 0 aromatic carbocycles. The number of carboxylic acids is 2. The molecule has 0 aromatic heterocycles. The summed E-state index contributed by atoms with van der Waals surface area (Å²) in [5.74, 6) is 4.71. The van der Waals surface area contributed by atoms with Crippen molar-refractivity contribution >= 4 is 23.9 Å². The minimum absolute atomic E-state index is 0. The molecule has 0 amide bonds. The maximum absolute atomic E-state index is 10.1. The van der Waals surface area contributed by atoms with Crippen LogP contribution in [0.2, 0.25) is 0 Å². The second-order valence-corrected chi connectivity index (χ2v) is 2.72. The van der Waals surface area contributed by atoms with Crippen LogP contribution in [0.25, 0.3) is 0 Å². The van der Waals surface area contributed by atoms with Gasteiger partial charge in [0.15, 0.2) is 0 Å². The molecular formula is C8H12N2Na2O8. The van der Waals surface area contributed by atoms with E-state index < -0.39 is 23.9 Å². The van der Waals surface area contributed by atoms with Crippen LogP contribution in [0.4, 0.5) is 0 Å². The van der Waals surface area contributed by atoms with E-state index >= 15 is 0 Å². The molecule has 0 heterocycles. The molecule has 0 saturated carbocycles. The molecule has 0 fully saturated rings. The van der Waals surface area contributed by atoms with Gasteiger partial charge < -0.3 is 29.5 Å². The van der Waals surface area contributed by atoms with Crippen molar-refractivity contribution in [2.24, 2.45) is 11.8 Å². The number of carbonyl (C=O) groups is 4. The Hall–Kier alpha value is -0.200. The summed E-state index contributed by atoms with van der Waals surface area (Å²) in [4.78, 5) is 46.8. The molecular weight excluding hydrogens is 298 g/mol. The summed E-state index contributed by atoms with van der Waals surface area (Å²) in [6.45, 7) is 0. The molecule has 0 spiro atoms. The SMILES string of the molecule is NOC(=O)CCC(=O)[O-].NOC(=O)CCC(=O)[O-].[Na+].[Na+]. The minimum Gasteiger partial charge on any atom is -0.550 e. The van der Waals surface area contributed by atoms with Gasteiger partial charge in [0.2, 0.25) is 0 Å². The van der Waals surface area contributed by atoms with Gasteiger partial charge in [0.25, 0.3) is 0 Å². The van der Waals surface area contributed by atoms with Crippen LogP contribution in [0.5, 0.6) is 0 Å². The first-order valence-corrected chi connectivity index (χ1v) is 4.52. The summed E-state index contributed by atoms with van der Waals surface area (Å²) in [7, 11) is 0. The van der Waals surface area contributed by atoms with Crippen molar-refractivity contribution in [1.29, 1.82) is 0 Å². The van der Waals surface area contributed by atoms with Crippen LogP contribution in [0.15, 0.2) is 0 Å². The Morgan fingerprint density at radius 1 is 0.700 bits per heavy atom. The van der Waals surface area contributed by atoms with E-state index in [0.717, 1.165) is 0 Å². The number of aliphatic carboxylic acids is 2. The molecule has 0 atom stereocenters. The molecule has 0 aliphatic heterocycles. The maximum atomic E-state index is 10.1. The van der Waals surface area contributed by atoms with Crippen LogP contribution in [0.3, 0.4) is 0 Å². The molecule has 0 aliphatic rings. The predicted octanol–water partition coefficient (Wildman–Crippen LogP) is -10.1. The number of rotatable bonds is 6. The standard InChI is InChI=1S/2C4H7NO4.2Na/c2*5-9-4(8)2-1-3(6)7;;/h2*1-2,5H2,(H,6,7);;/q;;2*+1/p-2. The van der Waals surface area contributed by atoms with E-state index in [1.807, 2.05) is 0 Å². The second-order valence-electron chi connectivity index (χ2n) is 2.72. The molecule has 0 bridgehead atoms. The van der Waals surface area contributed by atoms with Gasteiger partial charge in [0.1, 0.15) is 0 Å². The van der Waals surface area contributed by atoms with Gasteiger partial charge >= 0.3 is 71.1 Å². The first kappa shape index (κ1) is 28.0. The van der Waals surface area contributed by atoms with E-state index in [2.05, 4.69) is 21.5 Å². The summed E-state index contributed by atoms with van der Waals surface area (Å²) < 4.78 is 0. The summed E-state index contributed by atoms with van der Waals surface area (Å²) in [6.07, 6.45) is -1.18. The van der Waals surface area contributed by atoms with Crippen LogP contribution in [-0.2, 0) is 28.9 Å². The van der Waals surface area contributed by atoms with Gasteiger partial charge in [-0.1, -0.05) is 0 Å². The molecule has 0 rings (SSSR count). The molecule has 0 radical (unpaired) electrons. The summed E-state index contributed by atoms with van der Waals surface area (Å²) in [5.41, 5.74) is 0. The Morgan fingerprint density at radius 3 is 1.10 bits per heavy atom. The average Bonchev–Trinajstić information content (AvgIpc) is 2.33. The van der Waals surface area contributed by atoms with Gasteiger partial charge in [-0.3, -0.25) is 9.59 Å². The minimum atomic E-state index is -1.29. The van der Waals surface area contributed by atoms with Crippen LogP contribution in [0.1, 0.15) is 25.7 Å². The van der Waals surface area contributed by atoms with Crippen molar-refractivity contribution in [3.8, 4) is 0 Å². The fraction of sp³-hybridized carbons (Fsp3) is 0.500. The summed E-state index contributed by atoms with van der Waals surface area (Å²) in [5, 5.41) is 19.3. The van der Waals surface area contributed by atoms with Crippen molar-refractivity contribution in [2.45, 2.75) is 25.7 Å². The van der Waals surface area contributed by atoms with Crippen molar-refractivity contribution in [3.63, 3.8) is 0 Å². The third kappa shape index (κ3) is 26.4. The first-order chi connectivity index (χ1) is 8.33. The van der Waals surface area contributed by atoms with Crippen LogP contribution in [-0.4, -0.2) is 23.9 Å². The molecule has 12 heteroatoms. The molecule has 10 nitrogen and oxygen atoms in total. The van der Waals surface area contributed by atoms with E-state index in [0.29, 0.717) is 0 Å².